The van der Waals surface area contributed by atoms with Crippen molar-refractivity contribution in [1.82, 2.24) is 5.32 Å². The fraction of sp³-hybridized carbons (Fsp3) is 0.391. The quantitative estimate of drug-likeness (QED) is 0.374. The van der Waals surface area contributed by atoms with E-state index >= 15 is 0 Å². The predicted molar refractivity (Wildman–Crippen MR) is 114 cm³/mol. The van der Waals surface area contributed by atoms with Crippen LogP contribution in [0.25, 0.3) is 0 Å². The second-order valence-corrected chi connectivity index (χ2v) is 7.69. The number of carbonyl (C=O) groups is 2. The van der Waals surface area contributed by atoms with Gasteiger partial charge in [-0.2, -0.15) is 0 Å². The Bertz CT molecular complexity index is 851. The molecular weight excluding hydrogens is 386 g/mol. The molecular formula is C23H27NO4S. The van der Waals surface area contributed by atoms with Crippen molar-refractivity contribution in [2.45, 2.75) is 51.7 Å². The number of aliphatic hydroxyl groups is 1. The number of aliphatic hydroxyl groups excluding tert-OH is 1. The summed E-state index contributed by atoms with van der Waals surface area (Å²) in [5, 5.41) is 13.0. The second-order valence-electron chi connectivity index (χ2n) is 6.57. The highest BCUT2D eigenvalue weighted by Gasteiger charge is 2.31. The van der Waals surface area contributed by atoms with Crippen molar-refractivity contribution in [3.05, 3.63) is 57.8 Å². The summed E-state index contributed by atoms with van der Waals surface area (Å²) in [6.45, 7) is 3.14. The molecule has 154 valence electrons. The van der Waals surface area contributed by atoms with Crippen LogP contribution < -0.4 is 5.32 Å². The fourth-order valence-electron chi connectivity index (χ4n) is 2.80. The molecule has 2 N–H and O–H groups in total. The maximum absolute atomic E-state index is 12.1. The molecule has 0 radical (unpaired) electrons. The SMILES string of the molecule is CCOC(=O)C(NC(C)=O)C(O)c1ccc(C#CCCCCc2ccccc2)s1. The van der Waals surface area contributed by atoms with Crippen molar-refractivity contribution < 1.29 is 19.4 Å². The summed E-state index contributed by atoms with van der Waals surface area (Å²) in [5.74, 6) is 5.20. The van der Waals surface area contributed by atoms with Gasteiger partial charge in [-0.3, -0.25) is 4.79 Å². The van der Waals surface area contributed by atoms with Crippen LogP contribution in [-0.4, -0.2) is 29.6 Å². The van der Waals surface area contributed by atoms with Gasteiger partial charge in [-0.15, -0.1) is 11.3 Å². The lowest BCUT2D eigenvalue weighted by molar-refractivity contribution is -0.150. The lowest BCUT2D eigenvalue weighted by Gasteiger charge is -2.20. The van der Waals surface area contributed by atoms with E-state index in [1.165, 1.54) is 23.8 Å². The molecule has 0 bridgehead atoms. The zero-order valence-corrected chi connectivity index (χ0v) is 17.6. The van der Waals surface area contributed by atoms with Crippen LogP contribution in [0.5, 0.6) is 0 Å². The molecule has 2 aromatic rings. The summed E-state index contributed by atoms with van der Waals surface area (Å²) in [7, 11) is 0. The molecule has 0 saturated heterocycles. The van der Waals surface area contributed by atoms with Crippen molar-refractivity contribution in [1.29, 1.82) is 0 Å². The van der Waals surface area contributed by atoms with E-state index in [9.17, 15) is 14.7 Å². The number of carbonyl (C=O) groups excluding carboxylic acids is 2. The summed E-state index contributed by atoms with van der Waals surface area (Å²) >= 11 is 1.31. The lowest BCUT2D eigenvalue weighted by Crippen LogP contribution is -2.44. The Morgan fingerprint density at radius 2 is 1.93 bits per heavy atom. The average molecular weight is 414 g/mol. The lowest BCUT2D eigenvalue weighted by atomic mass is 10.1. The van der Waals surface area contributed by atoms with Gasteiger partial charge in [0, 0.05) is 18.2 Å². The largest absolute Gasteiger partial charge is 0.464 e. The van der Waals surface area contributed by atoms with E-state index in [-0.39, 0.29) is 6.61 Å². The molecule has 29 heavy (non-hydrogen) atoms. The highest BCUT2D eigenvalue weighted by molar-refractivity contribution is 7.12. The van der Waals surface area contributed by atoms with Crippen molar-refractivity contribution in [2.24, 2.45) is 0 Å². The second kappa shape index (κ2) is 12.1. The summed E-state index contributed by atoms with van der Waals surface area (Å²) in [6.07, 6.45) is 2.79. The topological polar surface area (TPSA) is 75.6 Å². The van der Waals surface area contributed by atoms with E-state index in [1.807, 2.05) is 12.1 Å². The molecule has 2 rings (SSSR count). The molecule has 0 saturated carbocycles. The Kier molecular flexibility index (Phi) is 9.42. The Hall–Kier alpha value is -2.62. The molecule has 2 atom stereocenters. The standard InChI is InChI=1S/C23H27NO4S/c1-3-28-23(27)21(24-17(2)25)22(26)20-16-15-19(29-20)14-10-5-4-7-11-18-12-8-6-9-13-18/h6,8-9,12-13,15-16,21-22,26H,3-5,7,11H2,1-2H3,(H,24,25). The van der Waals surface area contributed by atoms with Gasteiger partial charge in [0.25, 0.3) is 0 Å². The molecule has 0 aliphatic rings. The van der Waals surface area contributed by atoms with Crippen LogP contribution in [0.3, 0.4) is 0 Å². The molecule has 1 heterocycles. The van der Waals surface area contributed by atoms with E-state index < -0.39 is 24.0 Å². The number of esters is 1. The van der Waals surface area contributed by atoms with Crippen LogP contribution in [0.4, 0.5) is 0 Å². The van der Waals surface area contributed by atoms with Gasteiger partial charge in [0.15, 0.2) is 6.04 Å². The highest BCUT2D eigenvalue weighted by Crippen LogP contribution is 2.26. The van der Waals surface area contributed by atoms with Crippen LogP contribution in [-0.2, 0) is 20.7 Å². The average Bonchev–Trinajstić information content (AvgIpc) is 3.18. The summed E-state index contributed by atoms with van der Waals surface area (Å²) < 4.78 is 4.95. The minimum absolute atomic E-state index is 0.174. The summed E-state index contributed by atoms with van der Waals surface area (Å²) in [6, 6.07) is 12.8. The van der Waals surface area contributed by atoms with E-state index in [1.54, 1.807) is 13.0 Å². The summed E-state index contributed by atoms with van der Waals surface area (Å²) in [5.41, 5.74) is 1.34. The van der Waals surface area contributed by atoms with Crippen molar-refractivity contribution in [2.75, 3.05) is 6.61 Å². The van der Waals surface area contributed by atoms with Gasteiger partial charge in [0.2, 0.25) is 5.91 Å². The normalized spacial score (nSPS) is 12.4. The number of ether oxygens (including phenoxy) is 1. The number of unbranched alkanes of at least 4 members (excludes halogenated alkanes) is 2. The van der Waals surface area contributed by atoms with E-state index in [4.69, 9.17) is 4.74 Å². The molecule has 1 amide bonds. The highest BCUT2D eigenvalue weighted by atomic mass is 32.1. The van der Waals surface area contributed by atoms with Gasteiger partial charge in [-0.25, -0.2) is 4.79 Å². The van der Waals surface area contributed by atoms with E-state index in [0.29, 0.717) is 4.88 Å². The van der Waals surface area contributed by atoms with Gasteiger partial charge < -0.3 is 15.2 Å². The zero-order chi connectivity index (χ0) is 21.1. The number of aryl methyl sites for hydroxylation is 1. The molecule has 2 unspecified atom stereocenters. The molecule has 6 heteroatoms. The molecule has 0 aliphatic carbocycles. The number of amides is 1. The molecule has 0 spiro atoms. The summed E-state index contributed by atoms with van der Waals surface area (Å²) in [4.78, 5) is 24.8. The van der Waals surface area contributed by atoms with Crippen molar-refractivity contribution >= 4 is 23.2 Å². The molecule has 1 aromatic carbocycles. The van der Waals surface area contributed by atoms with Crippen LogP contribution in [0.2, 0.25) is 0 Å². The minimum atomic E-state index is -1.18. The van der Waals surface area contributed by atoms with Crippen LogP contribution in [0.1, 0.15) is 54.5 Å². The predicted octanol–water partition coefficient (Wildman–Crippen LogP) is 3.61. The van der Waals surface area contributed by atoms with Crippen molar-refractivity contribution in [3.8, 4) is 11.8 Å². The van der Waals surface area contributed by atoms with Crippen LogP contribution in [0.15, 0.2) is 42.5 Å². The minimum Gasteiger partial charge on any atom is -0.464 e. The Morgan fingerprint density at radius 1 is 1.17 bits per heavy atom. The van der Waals surface area contributed by atoms with E-state index in [2.05, 4.69) is 41.4 Å². The first-order valence-electron chi connectivity index (χ1n) is 9.75. The van der Waals surface area contributed by atoms with Gasteiger partial charge >= 0.3 is 5.97 Å². The maximum atomic E-state index is 12.1. The number of hydrogen-bond acceptors (Lipinski definition) is 5. The van der Waals surface area contributed by atoms with Crippen LogP contribution in [0, 0.1) is 11.8 Å². The first kappa shape index (κ1) is 22.7. The Balaban J connectivity index is 1.87. The first-order chi connectivity index (χ1) is 14.0. The molecule has 5 nitrogen and oxygen atoms in total. The van der Waals surface area contributed by atoms with Gasteiger partial charge in [-0.1, -0.05) is 42.2 Å². The zero-order valence-electron chi connectivity index (χ0n) is 16.8. The Morgan fingerprint density at radius 3 is 2.62 bits per heavy atom. The number of nitrogens with one attached hydrogen (secondary N) is 1. The third-order valence-electron chi connectivity index (χ3n) is 4.20. The maximum Gasteiger partial charge on any atom is 0.331 e. The molecule has 0 aliphatic heterocycles. The number of thiophene rings is 1. The number of rotatable bonds is 9. The first-order valence-corrected chi connectivity index (χ1v) is 10.6. The van der Waals surface area contributed by atoms with Crippen molar-refractivity contribution in [3.63, 3.8) is 0 Å². The monoisotopic (exact) mass is 413 g/mol. The molecule has 1 aromatic heterocycles. The van der Waals surface area contributed by atoms with Gasteiger partial charge in [0.1, 0.15) is 6.10 Å². The van der Waals surface area contributed by atoms with Gasteiger partial charge in [-0.05, 0) is 43.9 Å². The third-order valence-corrected chi connectivity index (χ3v) is 5.28. The molecule has 0 fully saturated rings. The van der Waals surface area contributed by atoms with E-state index in [0.717, 1.165) is 30.6 Å². The number of benzene rings is 1. The third kappa shape index (κ3) is 7.72. The smallest absolute Gasteiger partial charge is 0.331 e. The number of hydrogen-bond donors (Lipinski definition) is 2. The van der Waals surface area contributed by atoms with Crippen LogP contribution >= 0.6 is 11.3 Å². The Labute approximate surface area is 176 Å². The van der Waals surface area contributed by atoms with Gasteiger partial charge in [0.05, 0.1) is 11.5 Å². The fourth-order valence-corrected chi connectivity index (χ4v) is 3.70.